The highest BCUT2D eigenvalue weighted by Crippen LogP contribution is 2.04. The van der Waals surface area contributed by atoms with Crippen LogP contribution in [-0.4, -0.2) is 28.1 Å². The highest BCUT2D eigenvalue weighted by molar-refractivity contribution is 5.76. The lowest BCUT2D eigenvalue weighted by Gasteiger charge is -2.01. The fraction of sp³-hybridized carbons (Fsp3) is 0.333. The first-order chi connectivity index (χ1) is 7.43. The Labute approximate surface area is 91.6 Å². The van der Waals surface area contributed by atoms with Gasteiger partial charge in [0.05, 0.1) is 6.26 Å². The largest absolute Gasteiger partial charge is 0.481 e. The van der Waals surface area contributed by atoms with Crippen molar-refractivity contribution in [2.45, 2.75) is 18.9 Å². The van der Waals surface area contributed by atoms with E-state index in [0.29, 0.717) is 0 Å². The van der Waals surface area contributed by atoms with Crippen LogP contribution in [0.2, 0.25) is 0 Å². The Bertz CT molecular complexity index is 323. The number of aliphatic carboxylic acids is 1. The van der Waals surface area contributed by atoms with E-state index in [0.717, 1.165) is 0 Å². The molecule has 1 amide bonds. The molecule has 0 aliphatic carbocycles. The van der Waals surface area contributed by atoms with Gasteiger partial charge in [0.2, 0.25) is 5.91 Å². The van der Waals surface area contributed by atoms with Gasteiger partial charge >= 0.3 is 5.97 Å². The van der Waals surface area contributed by atoms with Crippen LogP contribution in [-0.2, 0) is 9.59 Å². The van der Waals surface area contributed by atoms with E-state index in [1.807, 2.05) is 0 Å². The topological polar surface area (TPSA) is 140 Å². The number of carboxylic acids is 1. The van der Waals surface area contributed by atoms with Crippen LogP contribution in [0.5, 0.6) is 5.95 Å². The Kier molecular flexibility index (Phi) is 6.37. The summed E-state index contributed by atoms with van der Waals surface area (Å²) in [6.07, 6.45) is 1.54. The average molecular weight is 230 g/mol. The van der Waals surface area contributed by atoms with Crippen LogP contribution in [0.4, 0.5) is 0 Å². The maximum absolute atomic E-state index is 10.1. The number of furan rings is 1. The zero-order valence-electron chi connectivity index (χ0n) is 8.50. The van der Waals surface area contributed by atoms with Crippen LogP contribution < -0.4 is 11.5 Å². The SMILES string of the molecule is NC(=O)CC[C@H](N)C(=O)O.Oc1ccco1. The third-order valence-electron chi connectivity index (χ3n) is 1.53. The van der Waals surface area contributed by atoms with Crippen molar-refractivity contribution in [1.82, 2.24) is 0 Å². The minimum absolute atomic E-state index is 0.0213. The van der Waals surface area contributed by atoms with Crippen LogP contribution in [0.3, 0.4) is 0 Å². The van der Waals surface area contributed by atoms with Crippen LogP contribution >= 0.6 is 0 Å². The zero-order chi connectivity index (χ0) is 12.6. The number of carboxylic acid groups (broad SMARTS) is 1. The van der Waals surface area contributed by atoms with Gasteiger partial charge in [0.1, 0.15) is 6.04 Å². The van der Waals surface area contributed by atoms with E-state index in [4.69, 9.17) is 21.7 Å². The van der Waals surface area contributed by atoms with E-state index in [2.05, 4.69) is 4.42 Å². The normalized spacial score (nSPS) is 11.1. The molecule has 6 N–H and O–H groups in total. The lowest BCUT2D eigenvalue weighted by Crippen LogP contribution is -2.31. The molecule has 0 aliphatic rings. The third-order valence-corrected chi connectivity index (χ3v) is 1.53. The molecule has 90 valence electrons. The fourth-order valence-corrected chi connectivity index (χ4v) is 0.691. The molecule has 16 heavy (non-hydrogen) atoms. The van der Waals surface area contributed by atoms with E-state index in [1.165, 1.54) is 12.3 Å². The quantitative estimate of drug-likeness (QED) is 0.557. The molecule has 0 fully saturated rings. The van der Waals surface area contributed by atoms with Crippen LogP contribution in [0.25, 0.3) is 0 Å². The first-order valence-electron chi connectivity index (χ1n) is 4.42. The number of carbonyl (C=O) groups excluding carboxylic acids is 1. The summed E-state index contributed by atoms with van der Waals surface area (Å²) in [5, 5.41) is 16.5. The minimum Gasteiger partial charge on any atom is -0.481 e. The van der Waals surface area contributed by atoms with Crippen molar-refractivity contribution in [2.75, 3.05) is 0 Å². The van der Waals surface area contributed by atoms with Gasteiger partial charge in [-0.1, -0.05) is 0 Å². The summed E-state index contributed by atoms with van der Waals surface area (Å²) >= 11 is 0. The number of hydrogen-bond donors (Lipinski definition) is 4. The van der Waals surface area contributed by atoms with Crippen molar-refractivity contribution in [3.8, 4) is 5.95 Å². The number of carbonyl (C=O) groups is 2. The summed E-state index contributed by atoms with van der Waals surface area (Å²) < 4.78 is 4.39. The average Bonchev–Trinajstić information content (AvgIpc) is 2.66. The molecule has 0 bridgehead atoms. The van der Waals surface area contributed by atoms with E-state index in [-0.39, 0.29) is 18.8 Å². The van der Waals surface area contributed by atoms with E-state index in [9.17, 15) is 9.59 Å². The van der Waals surface area contributed by atoms with Gasteiger partial charge in [0.15, 0.2) is 0 Å². The molecule has 1 aromatic rings. The van der Waals surface area contributed by atoms with Gasteiger partial charge in [0.25, 0.3) is 5.95 Å². The second-order valence-electron chi connectivity index (χ2n) is 2.90. The Morgan fingerprint density at radius 2 is 2.12 bits per heavy atom. The second-order valence-corrected chi connectivity index (χ2v) is 2.90. The summed E-state index contributed by atoms with van der Waals surface area (Å²) in [4.78, 5) is 20.1. The lowest BCUT2D eigenvalue weighted by atomic mass is 10.2. The molecule has 0 aliphatic heterocycles. The van der Waals surface area contributed by atoms with Crippen LogP contribution in [0.15, 0.2) is 22.8 Å². The van der Waals surface area contributed by atoms with Gasteiger partial charge in [-0.3, -0.25) is 9.59 Å². The van der Waals surface area contributed by atoms with Crippen molar-refractivity contribution in [3.63, 3.8) is 0 Å². The fourth-order valence-electron chi connectivity index (χ4n) is 0.691. The summed E-state index contributed by atoms with van der Waals surface area (Å²) in [5.41, 5.74) is 9.81. The Morgan fingerprint density at radius 3 is 2.38 bits per heavy atom. The first-order valence-corrected chi connectivity index (χ1v) is 4.42. The smallest absolute Gasteiger partial charge is 0.320 e. The number of nitrogens with two attached hydrogens (primary N) is 2. The van der Waals surface area contributed by atoms with Gasteiger partial charge in [0, 0.05) is 12.5 Å². The maximum atomic E-state index is 10.1. The number of amides is 1. The maximum Gasteiger partial charge on any atom is 0.320 e. The Balaban J connectivity index is 0.000000315. The van der Waals surface area contributed by atoms with Gasteiger partial charge in [-0.25, -0.2) is 0 Å². The summed E-state index contributed by atoms with van der Waals surface area (Å²) in [7, 11) is 0. The van der Waals surface area contributed by atoms with E-state index in [1.54, 1.807) is 6.07 Å². The summed E-state index contributed by atoms with van der Waals surface area (Å²) in [5.74, 6) is -1.67. The predicted octanol–water partition coefficient (Wildman–Crippen LogP) is -0.351. The van der Waals surface area contributed by atoms with Crippen molar-refractivity contribution < 1.29 is 24.2 Å². The molecule has 0 unspecified atom stereocenters. The van der Waals surface area contributed by atoms with Crippen molar-refractivity contribution in [1.29, 1.82) is 0 Å². The van der Waals surface area contributed by atoms with E-state index < -0.39 is 17.9 Å². The second kappa shape index (κ2) is 7.30. The highest BCUT2D eigenvalue weighted by atomic mass is 16.5. The predicted molar refractivity (Wildman–Crippen MR) is 54.4 cm³/mol. The molecule has 1 heterocycles. The molecular formula is C9H14N2O5. The molecule has 1 rings (SSSR count). The number of hydrogen-bond acceptors (Lipinski definition) is 5. The molecule has 7 heteroatoms. The zero-order valence-corrected chi connectivity index (χ0v) is 8.50. The van der Waals surface area contributed by atoms with Gasteiger partial charge in [-0.15, -0.1) is 0 Å². The molecule has 0 saturated heterocycles. The summed E-state index contributed by atoms with van der Waals surface area (Å²) in [6.45, 7) is 0. The van der Waals surface area contributed by atoms with Crippen molar-refractivity contribution in [2.24, 2.45) is 11.5 Å². The number of primary amides is 1. The van der Waals surface area contributed by atoms with Gasteiger partial charge < -0.3 is 26.1 Å². The lowest BCUT2D eigenvalue weighted by molar-refractivity contribution is -0.138. The monoisotopic (exact) mass is 230 g/mol. The Morgan fingerprint density at radius 1 is 1.50 bits per heavy atom. The van der Waals surface area contributed by atoms with E-state index >= 15 is 0 Å². The third kappa shape index (κ3) is 7.39. The standard InChI is InChI=1S/C5H10N2O3.C4H4O2/c6-3(5(9)10)1-2-4(7)8;5-4-2-1-3-6-4/h3H,1-2,6H2,(H2,7,8)(H,9,10);1-3,5H/t3-;/m0./s1. The van der Waals surface area contributed by atoms with Gasteiger partial charge in [-0.05, 0) is 12.5 Å². The molecular weight excluding hydrogens is 216 g/mol. The van der Waals surface area contributed by atoms with Crippen LogP contribution in [0, 0.1) is 0 Å². The molecule has 1 aromatic heterocycles. The molecule has 0 spiro atoms. The first kappa shape index (κ1) is 14.0. The highest BCUT2D eigenvalue weighted by Gasteiger charge is 2.11. The molecule has 0 radical (unpaired) electrons. The molecule has 7 nitrogen and oxygen atoms in total. The number of aromatic hydroxyl groups is 1. The molecule has 0 saturated carbocycles. The van der Waals surface area contributed by atoms with Crippen LogP contribution in [0.1, 0.15) is 12.8 Å². The summed E-state index contributed by atoms with van der Waals surface area (Å²) in [6, 6.07) is 2.11. The number of rotatable bonds is 4. The van der Waals surface area contributed by atoms with Crippen molar-refractivity contribution >= 4 is 11.9 Å². The molecule has 0 aromatic carbocycles. The van der Waals surface area contributed by atoms with Crippen molar-refractivity contribution in [3.05, 3.63) is 18.4 Å². The minimum atomic E-state index is -1.11. The van der Waals surface area contributed by atoms with Gasteiger partial charge in [-0.2, -0.15) is 0 Å². The molecule has 1 atom stereocenters. The Hall–Kier alpha value is -2.02.